The largest absolute Gasteiger partial charge is 0.481 e. The highest BCUT2D eigenvalue weighted by molar-refractivity contribution is 5.93. The molecule has 156 valence electrons. The van der Waals surface area contributed by atoms with Gasteiger partial charge in [0.15, 0.2) is 11.5 Å². The number of carboxylic acids is 1. The number of ether oxygens (including phenoxy) is 1. The average molecular weight is 409 g/mol. The topological polar surface area (TPSA) is 105 Å². The smallest absolute Gasteiger partial charge is 0.309 e. The van der Waals surface area contributed by atoms with E-state index in [2.05, 4.69) is 10.5 Å². The zero-order chi connectivity index (χ0) is 21.0. The van der Waals surface area contributed by atoms with E-state index in [9.17, 15) is 23.5 Å². The van der Waals surface area contributed by atoms with E-state index in [1.807, 2.05) is 4.90 Å². The first-order valence-electron chi connectivity index (χ1n) is 9.06. The van der Waals surface area contributed by atoms with Crippen LogP contribution in [0.25, 0.3) is 11.3 Å². The number of carbonyl (C=O) groups excluding carboxylic acids is 1. The van der Waals surface area contributed by atoms with Gasteiger partial charge in [0.05, 0.1) is 18.1 Å². The number of nitrogens with zero attached hydrogens (tertiary/aromatic N) is 2. The zero-order valence-corrected chi connectivity index (χ0v) is 15.7. The van der Waals surface area contributed by atoms with Crippen molar-refractivity contribution in [3.63, 3.8) is 0 Å². The molecular formula is C19H21F2N3O5. The van der Waals surface area contributed by atoms with E-state index in [0.29, 0.717) is 32.2 Å². The SMILES string of the molecule is COCCN1CC[C@H](NC(=O)c2cc(-c3ccc(F)cc3F)on2)[C@@H](C(=O)O)C1. The monoisotopic (exact) mass is 409 g/mol. The van der Waals surface area contributed by atoms with Crippen molar-refractivity contribution in [1.82, 2.24) is 15.4 Å². The molecule has 0 saturated carbocycles. The first-order valence-corrected chi connectivity index (χ1v) is 9.06. The molecule has 3 rings (SSSR count). The van der Waals surface area contributed by atoms with Crippen molar-refractivity contribution in [2.24, 2.45) is 5.92 Å². The Bertz CT molecular complexity index is 888. The Morgan fingerprint density at radius 1 is 1.38 bits per heavy atom. The standard InChI is InChI=1S/C19H21F2N3O5/c1-28-7-6-24-5-4-15(13(10-24)19(26)27)22-18(25)16-9-17(29-23-16)12-3-2-11(20)8-14(12)21/h2-3,8-9,13,15H,4-7,10H2,1H3,(H,22,25)(H,26,27)/t13-,15-/m0/s1. The number of hydrogen-bond donors (Lipinski definition) is 2. The van der Waals surface area contributed by atoms with Crippen LogP contribution < -0.4 is 5.32 Å². The molecule has 2 N–H and O–H groups in total. The van der Waals surface area contributed by atoms with E-state index in [-0.39, 0.29) is 23.6 Å². The van der Waals surface area contributed by atoms with Crippen LogP contribution in [0.1, 0.15) is 16.9 Å². The van der Waals surface area contributed by atoms with Crippen LogP contribution in [0.15, 0.2) is 28.8 Å². The summed E-state index contributed by atoms with van der Waals surface area (Å²) < 4.78 is 36.9. The molecule has 2 aromatic rings. The fourth-order valence-corrected chi connectivity index (χ4v) is 3.31. The number of halogens is 2. The molecule has 1 aliphatic rings. The van der Waals surface area contributed by atoms with E-state index in [1.54, 1.807) is 7.11 Å². The van der Waals surface area contributed by atoms with Gasteiger partial charge in [-0.2, -0.15) is 0 Å². The normalized spacial score (nSPS) is 19.8. The van der Waals surface area contributed by atoms with Crippen molar-refractivity contribution < 1.29 is 32.7 Å². The molecule has 1 saturated heterocycles. The summed E-state index contributed by atoms with van der Waals surface area (Å²) >= 11 is 0. The van der Waals surface area contributed by atoms with Crippen molar-refractivity contribution >= 4 is 11.9 Å². The second kappa shape index (κ2) is 9.10. The molecule has 1 fully saturated rings. The van der Waals surface area contributed by atoms with Gasteiger partial charge >= 0.3 is 5.97 Å². The molecule has 0 aliphatic carbocycles. The van der Waals surface area contributed by atoms with Gasteiger partial charge in [0, 0.05) is 44.9 Å². The van der Waals surface area contributed by atoms with Crippen LogP contribution in [-0.2, 0) is 9.53 Å². The number of aromatic nitrogens is 1. The lowest BCUT2D eigenvalue weighted by molar-refractivity contribution is -0.144. The van der Waals surface area contributed by atoms with Crippen LogP contribution in [-0.4, -0.2) is 66.4 Å². The summed E-state index contributed by atoms with van der Waals surface area (Å²) in [6.07, 6.45) is 0.448. The number of aliphatic carboxylic acids is 1. The van der Waals surface area contributed by atoms with Crippen LogP contribution in [0, 0.1) is 17.6 Å². The summed E-state index contributed by atoms with van der Waals surface area (Å²) in [6.45, 7) is 2.00. The Balaban J connectivity index is 1.68. The molecule has 1 aliphatic heterocycles. The number of piperidine rings is 1. The molecule has 2 heterocycles. The third kappa shape index (κ3) is 4.96. The molecule has 8 nitrogen and oxygen atoms in total. The van der Waals surface area contributed by atoms with E-state index >= 15 is 0 Å². The summed E-state index contributed by atoms with van der Waals surface area (Å²) in [5, 5.41) is 15.8. The maximum atomic E-state index is 13.9. The third-order valence-corrected chi connectivity index (χ3v) is 4.88. The van der Waals surface area contributed by atoms with Crippen LogP contribution in [0.2, 0.25) is 0 Å². The van der Waals surface area contributed by atoms with E-state index in [1.165, 1.54) is 12.1 Å². The number of amides is 1. The van der Waals surface area contributed by atoms with Gasteiger partial charge in [0.1, 0.15) is 11.6 Å². The Morgan fingerprint density at radius 3 is 2.86 bits per heavy atom. The van der Waals surface area contributed by atoms with Crippen molar-refractivity contribution in [3.05, 3.63) is 41.6 Å². The maximum absolute atomic E-state index is 13.9. The van der Waals surface area contributed by atoms with E-state index in [0.717, 1.165) is 6.07 Å². The zero-order valence-electron chi connectivity index (χ0n) is 15.7. The minimum Gasteiger partial charge on any atom is -0.481 e. The fourth-order valence-electron chi connectivity index (χ4n) is 3.31. The maximum Gasteiger partial charge on any atom is 0.309 e. The number of methoxy groups -OCH3 is 1. The molecule has 1 aromatic heterocycles. The number of benzene rings is 1. The lowest BCUT2D eigenvalue weighted by Crippen LogP contribution is -2.54. The highest BCUT2D eigenvalue weighted by atomic mass is 19.1. The lowest BCUT2D eigenvalue weighted by Gasteiger charge is -2.36. The fraction of sp³-hybridized carbons (Fsp3) is 0.421. The number of nitrogens with one attached hydrogen (secondary N) is 1. The lowest BCUT2D eigenvalue weighted by atomic mass is 9.92. The molecule has 1 aromatic carbocycles. The highest BCUT2D eigenvalue weighted by Gasteiger charge is 2.35. The summed E-state index contributed by atoms with van der Waals surface area (Å²) in [5.41, 5.74) is -0.150. The van der Waals surface area contributed by atoms with Gasteiger partial charge in [0.2, 0.25) is 0 Å². The third-order valence-electron chi connectivity index (χ3n) is 4.88. The quantitative estimate of drug-likeness (QED) is 0.718. The Kier molecular flexibility index (Phi) is 6.55. The molecule has 10 heteroatoms. The molecule has 0 unspecified atom stereocenters. The van der Waals surface area contributed by atoms with E-state index in [4.69, 9.17) is 9.26 Å². The van der Waals surface area contributed by atoms with Crippen molar-refractivity contribution in [3.8, 4) is 11.3 Å². The molecular weight excluding hydrogens is 388 g/mol. The predicted octanol–water partition coefficient (Wildman–Crippen LogP) is 1.77. The summed E-state index contributed by atoms with van der Waals surface area (Å²) in [5.74, 6) is -4.03. The minimum absolute atomic E-state index is 0.0307. The number of hydrogen-bond acceptors (Lipinski definition) is 6. The first kappa shape index (κ1) is 20.9. The first-order chi connectivity index (χ1) is 13.9. The molecule has 0 bridgehead atoms. The van der Waals surface area contributed by atoms with Gasteiger partial charge < -0.3 is 24.6 Å². The summed E-state index contributed by atoms with van der Waals surface area (Å²) in [7, 11) is 1.58. The molecule has 2 atom stereocenters. The molecule has 0 radical (unpaired) electrons. The Labute approximate surface area is 165 Å². The molecule has 29 heavy (non-hydrogen) atoms. The number of likely N-dealkylation sites (tertiary alicyclic amines) is 1. The number of carbonyl (C=O) groups is 2. The van der Waals surface area contributed by atoms with Gasteiger partial charge in [-0.1, -0.05) is 5.16 Å². The van der Waals surface area contributed by atoms with E-state index < -0.39 is 35.5 Å². The van der Waals surface area contributed by atoms with Crippen LogP contribution >= 0.6 is 0 Å². The Hall–Kier alpha value is -2.85. The molecule has 0 spiro atoms. The van der Waals surface area contributed by atoms with Crippen molar-refractivity contribution in [1.29, 1.82) is 0 Å². The molecule has 1 amide bonds. The van der Waals surface area contributed by atoms with Crippen LogP contribution in [0.5, 0.6) is 0 Å². The van der Waals surface area contributed by atoms with Gasteiger partial charge in [0.25, 0.3) is 5.91 Å². The minimum atomic E-state index is -1.01. The van der Waals surface area contributed by atoms with Gasteiger partial charge in [-0.3, -0.25) is 9.59 Å². The number of rotatable bonds is 7. The second-order valence-electron chi connectivity index (χ2n) is 6.81. The van der Waals surface area contributed by atoms with Crippen LogP contribution in [0.3, 0.4) is 0 Å². The average Bonchev–Trinajstić information content (AvgIpc) is 3.17. The summed E-state index contributed by atoms with van der Waals surface area (Å²) in [4.78, 5) is 26.1. The predicted molar refractivity (Wildman–Crippen MR) is 97.2 cm³/mol. The Morgan fingerprint density at radius 2 is 2.17 bits per heavy atom. The second-order valence-corrected chi connectivity index (χ2v) is 6.81. The van der Waals surface area contributed by atoms with Gasteiger partial charge in [-0.15, -0.1) is 0 Å². The number of carboxylic acid groups (broad SMARTS) is 1. The highest BCUT2D eigenvalue weighted by Crippen LogP contribution is 2.25. The van der Waals surface area contributed by atoms with Crippen LogP contribution in [0.4, 0.5) is 8.78 Å². The van der Waals surface area contributed by atoms with Gasteiger partial charge in [-0.25, -0.2) is 8.78 Å². The van der Waals surface area contributed by atoms with Crippen molar-refractivity contribution in [2.75, 3.05) is 33.4 Å². The van der Waals surface area contributed by atoms with Gasteiger partial charge in [-0.05, 0) is 18.6 Å². The summed E-state index contributed by atoms with van der Waals surface area (Å²) in [6, 6.07) is 3.60. The van der Waals surface area contributed by atoms with Crippen molar-refractivity contribution in [2.45, 2.75) is 12.5 Å².